The number of hydrogen-bond donors (Lipinski definition) is 1. The Kier molecular flexibility index (Phi) is 6.22. The third kappa shape index (κ3) is 5.43. The van der Waals surface area contributed by atoms with Gasteiger partial charge in [0.15, 0.2) is 9.84 Å². The molecule has 1 rings (SSSR count). The van der Waals surface area contributed by atoms with Gasteiger partial charge in [-0.25, -0.2) is 13.2 Å². The van der Waals surface area contributed by atoms with Gasteiger partial charge in [-0.1, -0.05) is 24.0 Å². The first-order valence-electron chi connectivity index (χ1n) is 6.01. The summed E-state index contributed by atoms with van der Waals surface area (Å²) in [7, 11) is -3.40. The van der Waals surface area contributed by atoms with Crippen LogP contribution in [0.5, 0.6) is 0 Å². The third-order valence-corrected chi connectivity index (χ3v) is 3.68. The Hall–Kier alpha value is -1.84. The van der Waals surface area contributed by atoms with Gasteiger partial charge in [-0.2, -0.15) is 0 Å². The Morgan fingerprint density at radius 2 is 2.10 bits per heavy atom. The lowest BCUT2D eigenvalue weighted by Crippen LogP contribution is -2.10. The molecule has 1 aromatic carbocycles. The molecule has 5 nitrogen and oxygen atoms in total. The first kappa shape index (κ1) is 16.2. The van der Waals surface area contributed by atoms with E-state index in [-0.39, 0.29) is 24.7 Å². The van der Waals surface area contributed by atoms with Crippen molar-refractivity contribution in [1.29, 1.82) is 0 Å². The number of ether oxygens (including phenoxy) is 1. The van der Waals surface area contributed by atoms with Crippen LogP contribution in [0.15, 0.2) is 24.3 Å². The summed E-state index contributed by atoms with van der Waals surface area (Å²) in [4.78, 5) is 11.6. The first-order chi connectivity index (χ1) is 9.48. The summed E-state index contributed by atoms with van der Waals surface area (Å²) < 4.78 is 28.4. The van der Waals surface area contributed by atoms with Gasteiger partial charge in [-0.3, -0.25) is 0 Å². The van der Waals surface area contributed by atoms with Crippen molar-refractivity contribution in [2.75, 3.05) is 19.0 Å². The number of benzene rings is 1. The van der Waals surface area contributed by atoms with Gasteiger partial charge in [0.2, 0.25) is 0 Å². The zero-order valence-corrected chi connectivity index (χ0v) is 11.9. The molecule has 0 unspecified atom stereocenters. The summed E-state index contributed by atoms with van der Waals surface area (Å²) in [5.74, 6) is 3.65. The van der Waals surface area contributed by atoms with Crippen molar-refractivity contribution in [2.45, 2.75) is 12.7 Å². The van der Waals surface area contributed by atoms with E-state index >= 15 is 0 Å². The normalized spacial score (nSPS) is 10.5. The molecule has 1 aromatic rings. The minimum absolute atomic E-state index is 0.208. The zero-order valence-electron chi connectivity index (χ0n) is 11.1. The predicted molar refractivity (Wildman–Crippen MR) is 74.8 cm³/mol. The summed E-state index contributed by atoms with van der Waals surface area (Å²) in [6.45, 7) is 1.60. The van der Waals surface area contributed by atoms with Crippen LogP contribution in [0, 0.1) is 11.8 Å². The van der Waals surface area contributed by atoms with Crippen LogP contribution in [0.3, 0.4) is 0 Å². The number of esters is 1. The molecule has 0 fully saturated rings. The number of aliphatic hydroxyl groups is 1. The minimum atomic E-state index is -3.40. The minimum Gasteiger partial charge on any atom is -0.462 e. The molecule has 0 aliphatic rings. The highest BCUT2D eigenvalue weighted by Crippen LogP contribution is 2.11. The zero-order chi connectivity index (χ0) is 15.0. The van der Waals surface area contributed by atoms with Gasteiger partial charge in [-0.15, -0.1) is 0 Å². The highest BCUT2D eigenvalue weighted by atomic mass is 32.2. The molecule has 0 atom stereocenters. The highest BCUT2D eigenvalue weighted by molar-refractivity contribution is 7.90. The second-order valence-corrected chi connectivity index (χ2v) is 6.03. The Labute approximate surface area is 118 Å². The van der Waals surface area contributed by atoms with E-state index in [1.807, 2.05) is 0 Å². The van der Waals surface area contributed by atoms with Gasteiger partial charge in [0, 0.05) is 0 Å². The molecule has 0 spiro atoms. The van der Waals surface area contributed by atoms with Crippen molar-refractivity contribution in [1.82, 2.24) is 0 Å². The predicted octanol–water partition coefficient (Wildman–Crippen LogP) is 0.774. The van der Waals surface area contributed by atoms with Crippen LogP contribution in [0.1, 0.15) is 22.8 Å². The Balaban J connectivity index is 2.83. The van der Waals surface area contributed by atoms with Crippen molar-refractivity contribution in [3.05, 3.63) is 35.4 Å². The number of hydrogen-bond acceptors (Lipinski definition) is 5. The summed E-state index contributed by atoms with van der Waals surface area (Å²) >= 11 is 0. The molecule has 108 valence electrons. The molecule has 0 aromatic heterocycles. The lowest BCUT2D eigenvalue weighted by Gasteiger charge is -2.05. The molecule has 20 heavy (non-hydrogen) atoms. The first-order valence-corrected chi connectivity index (χ1v) is 7.83. The van der Waals surface area contributed by atoms with E-state index < -0.39 is 15.8 Å². The Bertz CT molecular complexity index is 622. The van der Waals surface area contributed by atoms with Crippen LogP contribution >= 0.6 is 0 Å². The van der Waals surface area contributed by atoms with Gasteiger partial charge < -0.3 is 9.84 Å². The lowest BCUT2D eigenvalue weighted by atomic mass is 10.1. The van der Waals surface area contributed by atoms with Crippen molar-refractivity contribution >= 4 is 15.8 Å². The van der Waals surface area contributed by atoms with E-state index in [1.165, 1.54) is 6.07 Å². The Morgan fingerprint density at radius 1 is 1.35 bits per heavy atom. The van der Waals surface area contributed by atoms with E-state index in [9.17, 15) is 13.2 Å². The Morgan fingerprint density at radius 3 is 2.75 bits per heavy atom. The summed E-state index contributed by atoms with van der Waals surface area (Å²) in [5.41, 5.74) is 0.822. The standard InChI is InChI=1S/C14H16O5S/c1-2-19-14(16)13-7-5-6-12(10-13)11-20(17,18)9-4-3-8-15/h5-7,10,15H,2,8-9,11H2,1H3. The second kappa shape index (κ2) is 7.68. The van der Waals surface area contributed by atoms with Crippen molar-refractivity contribution < 1.29 is 23.1 Å². The van der Waals surface area contributed by atoms with E-state index in [4.69, 9.17) is 9.84 Å². The lowest BCUT2D eigenvalue weighted by molar-refractivity contribution is 0.0526. The maximum atomic E-state index is 11.8. The second-order valence-electron chi connectivity index (χ2n) is 3.96. The number of carbonyl (C=O) groups excluding carboxylic acids is 1. The smallest absolute Gasteiger partial charge is 0.338 e. The quantitative estimate of drug-likeness (QED) is 0.641. The topological polar surface area (TPSA) is 80.7 Å². The molecule has 0 heterocycles. The fourth-order valence-electron chi connectivity index (χ4n) is 1.52. The third-order valence-electron chi connectivity index (χ3n) is 2.32. The average molecular weight is 296 g/mol. The number of carbonyl (C=O) groups is 1. The fraction of sp³-hybridized carbons (Fsp3) is 0.357. The van der Waals surface area contributed by atoms with Gasteiger partial charge >= 0.3 is 5.97 Å². The van der Waals surface area contributed by atoms with Crippen LogP contribution in [0.25, 0.3) is 0 Å². The summed E-state index contributed by atoms with van der Waals surface area (Å²) in [6, 6.07) is 6.30. The largest absolute Gasteiger partial charge is 0.462 e. The molecule has 0 aliphatic heterocycles. The summed E-state index contributed by atoms with van der Waals surface area (Å²) in [5, 5.41) is 8.48. The molecule has 0 saturated carbocycles. The highest BCUT2D eigenvalue weighted by Gasteiger charge is 2.13. The van der Waals surface area contributed by atoms with Crippen LogP contribution in [0.2, 0.25) is 0 Å². The monoisotopic (exact) mass is 296 g/mol. The van der Waals surface area contributed by atoms with Crippen molar-refractivity contribution in [2.24, 2.45) is 0 Å². The van der Waals surface area contributed by atoms with E-state index in [0.717, 1.165) is 0 Å². The molecular weight excluding hydrogens is 280 g/mol. The van der Waals surface area contributed by atoms with Gasteiger partial charge in [0.1, 0.15) is 12.4 Å². The molecule has 1 N–H and O–H groups in total. The number of rotatable bonds is 5. The summed E-state index contributed by atoms with van der Waals surface area (Å²) in [6.07, 6.45) is 0. The molecule has 0 amide bonds. The van der Waals surface area contributed by atoms with Gasteiger partial charge in [-0.05, 0) is 24.6 Å². The number of aliphatic hydroxyl groups excluding tert-OH is 1. The van der Waals surface area contributed by atoms with Crippen LogP contribution in [0.4, 0.5) is 0 Å². The molecule has 0 radical (unpaired) electrons. The van der Waals surface area contributed by atoms with E-state index in [2.05, 4.69) is 11.8 Å². The fourth-order valence-corrected chi connectivity index (χ4v) is 2.64. The molecule has 0 bridgehead atoms. The van der Waals surface area contributed by atoms with Crippen LogP contribution in [-0.4, -0.2) is 38.5 Å². The van der Waals surface area contributed by atoms with Crippen molar-refractivity contribution in [3.8, 4) is 11.8 Å². The maximum Gasteiger partial charge on any atom is 0.338 e. The van der Waals surface area contributed by atoms with Gasteiger partial charge in [0.05, 0.1) is 17.9 Å². The average Bonchev–Trinajstić information content (AvgIpc) is 2.39. The van der Waals surface area contributed by atoms with E-state index in [0.29, 0.717) is 11.1 Å². The van der Waals surface area contributed by atoms with Crippen molar-refractivity contribution in [3.63, 3.8) is 0 Å². The van der Waals surface area contributed by atoms with Crippen LogP contribution in [-0.2, 0) is 20.3 Å². The molecular formula is C14H16O5S. The molecule has 6 heteroatoms. The SMILES string of the molecule is CCOC(=O)c1cccc(CS(=O)(=O)CC#CCO)c1. The van der Waals surface area contributed by atoms with Gasteiger partial charge in [0.25, 0.3) is 0 Å². The molecule has 0 aliphatic carbocycles. The van der Waals surface area contributed by atoms with E-state index in [1.54, 1.807) is 25.1 Å². The number of sulfone groups is 1. The molecule has 0 saturated heterocycles. The van der Waals surface area contributed by atoms with Crippen LogP contribution < -0.4 is 0 Å². The maximum absolute atomic E-state index is 11.8.